The largest absolute Gasteiger partial charge is 0.314 e. The van der Waals surface area contributed by atoms with Gasteiger partial charge in [-0.3, -0.25) is 9.58 Å². The van der Waals surface area contributed by atoms with Crippen LogP contribution in [0.1, 0.15) is 65.1 Å². The summed E-state index contributed by atoms with van der Waals surface area (Å²) in [6.07, 6.45) is 6.86. The highest BCUT2D eigenvalue weighted by Crippen LogP contribution is 2.27. The van der Waals surface area contributed by atoms with E-state index >= 15 is 0 Å². The molecule has 1 fully saturated rings. The summed E-state index contributed by atoms with van der Waals surface area (Å²) in [6, 6.07) is 2.75. The Balaban J connectivity index is 2.09. The fourth-order valence-corrected chi connectivity index (χ4v) is 3.60. The van der Waals surface area contributed by atoms with Crippen LogP contribution in [0.2, 0.25) is 0 Å². The zero-order valence-corrected chi connectivity index (χ0v) is 14.2. The molecule has 1 aliphatic heterocycles. The summed E-state index contributed by atoms with van der Waals surface area (Å²) in [7, 11) is 0. The Hall–Kier alpha value is -0.870. The van der Waals surface area contributed by atoms with Crippen LogP contribution in [0.3, 0.4) is 0 Å². The Morgan fingerprint density at radius 2 is 1.95 bits per heavy atom. The van der Waals surface area contributed by atoms with Crippen LogP contribution in [-0.2, 0) is 6.54 Å². The molecule has 21 heavy (non-hydrogen) atoms. The van der Waals surface area contributed by atoms with Crippen molar-refractivity contribution < 1.29 is 0 Å². The van der Waals surface area contributed by atoms with Gasteiger partial charge < -0.3 is 5.32 Å². The lowest BCUT2D eigenvalue weighted by molar-refractivity contribution is 0.0434. The summed E-state index contributed by atoms with van der Waals surface area (Å²) in [5.41, 5.74) is 1.52. The first-order valence-corrected chi connectivity index (χ1v) is 8.68. The van der Waals surface area contributed by atoms with Crippen molar-refractivity contribution in [3.8, 4) is 0 Å². The Labute approximate surface area is 129 Å². The van der Waals surface area contributed by atoms with E-state index < -0.39 is 0 Å². The molecule has 1 aromatic rings. The van der Waals surface area contributed by atoms with Crippen molar-refractivity contribution in [1.29, 1.82) is 0 Å². The van der Waals surface area contributed by atoms with Crippen molar-refractivity contribution in [2.75, 3.05) is 19.6 Å². The summed E-state index contributed by atoms with van der Waals surface area (Å²) < 4.78 is 2.16. The maximum atomic E-state index is 4.84. The van der Waals surface area contributed by atoms with Gasteiger partial charge in [-0.15, -0.1) is 0 Å². The predicted octanol–water partition coefficient (Wildman–Crippen LogP) is 3.21. The Morgan fingerprint density at radius 3 is 2.57 bits per heavy atom. The fourth-order valence-electron chi connectivity index (χ4n) is 3.60. The van der Waals surface area contributed by atoms with E-state index in [0.29, 0.717) is 11.6 Å². The van der Waals surface area contributed by atoms with Gasteiger partial charge in [0, 0.05) is 37.9 Å². The minimum absolute atomic E-state index is 0.303. The Morgan fingerprint density at radius 1 is 1.24 bits per heavy atom. The molecule has 1 aliphatic rings. The summed E-state index contributed by atoms with van der Waals surface area (Å²) >= 11 is 0. The van der Waals surface area contributed by atoms with Crippen molar-refractivity contribution >= 4 is 0 Å². The van der Waals surface area contributed by atoms with Gasteiger partial charge >= 0.3 is 0 Å². The third kappa shape index (κ3) is 3.49. The molecule has 2 rings (SSSR count). The molecule has 0 aliphatic carbocycles. The number of nitrogens with zero attached hydrogens (tertiary/aromatic N) is 3. The van der Waals surface area contributed by atoms with E-state index in [1.807, 2.05) is 0 Å². The normalized spacial score (nSPS) is 19.3. The van der Waals surface area contributed by atoms with Gasteiger partial charge in [-0.05, 0) is 31.7 Å². The molecule has 4 nitrogen and oxygen atoms in total. The Kier molecular flexibility index (Phi) is 5.82. The molecule has 0 spiro atoms. The van der Waals surface area contributed by atoms with Crippen LogP contribution in [0.25, 0.3) is 0 Å². The number of nitrogens with one attached hydrogen (secondary N) is 1. The summed E-state index contributed by atoms with van der Waals surface area (Å²) in [6.45, 7) is 13.4. The molecule has 4 heteroatoms. The van der Waals surface area contributed by atoms with Gasteiger partial charge in [0.15, 0.2) is 0 Å². The minimum atomic E-state index is 0.303. The number of piperazine rings is 1. The summed E-state index contributed by atoms with van der Waals surface area (Å²) in [5, 5.41) is 8.40. The average Bonchev–Trinajstić information content (AvgIpc) is 2.98. The number of hydrogen-bond acceptors (Lipinski definition) is 3. The quantitative estimate of drug-likeness (QED) is 0.838. The molecule has 0 unspecified atom stereocenters. The van der Waals surface area contributed by atoms with Crippen molar-refractivity contribution in [2.45, 2.75) is 71.5 Å². The molecular formula is C17H32N4. The molecule has 0 aromatic carbocycles. The average molecular weight is 292 g/mol. The standard InChI is InChI=1S/C17H32N4/c1-5-16(6-2)21-11-9-15(19-21)13-20-12-10-18-14-17(20,7-3)8-4/h9,11,16,18H,5-8,10,12-14H2,1-4H3. The molecule has 120 valence electrons. The van der Waals surface area contributed by atoms with Crippen LogP contribution in [0.15, 0.2) is 12.3 Å². The van der Waals surface area contributed by atoms with Crippen molar-refractivity contribution in [3.63, 3.8) is 0 Å². The van der Waals surface area contributed by atoms with E-state index in [1.54, 1.807) is 0 Å². The number of rotatable bonds is 7. The minimum Gasteiger partial charge on any atom is -0.314 e. The maximum absolute atomic E-state index is 4.84. The first kappa shape index (κ1) is 16.5. The van der Waals surface area contributed by atoms with Crippen LogP contribution in [0, 0.1) is 0 Å². The van der Waals surface area contributed by atoms with Crippen LogP contribution < -0.4 is 5.32 Å². The van der Waals surface area contributed by atoms with Gasteiger partial charge in [0.25, 0.3) is 0 Å². The molecular weight excluding hydrogens is 260 g/mol. The number of aromatic nitrogens is 2. The molecule has 0 bridgehead atoms. The summed E-state index contributed by atoms with van der Waals surface area (Å²) in [5.74, 6) is 0. The van der Waals surface area contributed by atoms with Crippen molar-refractivity contribution in [2.24, 2.45) is 0 Å². The molecule has 1 saturated heterocycles. The summed E-state index contributed by atoms with van der Waals surface area (Å²) in [4.78, 5) is 2.64. The SMILES string of the molecule is CCC(CC)n1ccc(CN2CCNCC2(CC)CC)n1. The molecule has 0 saturated carbocycles. The highest BCUT2D eigenvalue weighted by Gasteiger charge is 2.35. The van der Waals surface area contributed by atoms with Crippen molar-refractivity contribution in [1.82, 2.24) is 20.0 Å². The molecule has 0 radical (unpaired) electrons. The highest BCUT2D eigenvalue weighted by molar-refractivity contribution is 5.03. The van der Waals surface area contributed by atoms with E-state index in [-0.39, 0.29) is 0 Å². The topological polar surface area (TPSA) is 33.1 Å². The molecule has 0 atom stereocenters. The van der Waals surface area contributed by atoms with Gasteiger partial charge in [0.05, 0.1) is 11.7 Å². The van der Waals surface area contributed by atoms with Gasteiger partial charge in [-0.25, -0.2) is 0 Å². The molecule has 1 N–H and O–H groups in total. The monoisotopic (exact) mass is 292 g/mol. The van der Waals surface area contributed by atoms with Gasteiger partial charge in [0.1, 0.15) is 0 Å². The smallest absolute Gasteiger partial charge is 0.0765 e. The second kappa shape index (κ2) is 7.41. The van der Waals surface area contributed by atoms with E-state index in [0.717, 1.165) is 39.0 Å². The van der Waals surface area contributed by atoms with Crippen LogP contribution in [0.4, 0.5) is 0 Å². The first-order chi connectivity index (χ1) is 10.2. The van der Waals surface area contributed by atoms with Gasteiger partial charge in [-0.1, -0.05) is 27.7 Å². The van der Waals surface area contributed by atoms with Crippen molar-refractivity contribution in [3.05, 3.63) is 18.0 Å². The predicted molar refractivity (Wildman–Crippen MR) is 88.4 cm³/mol. The van der Waals surface area contributed by atoms with E-state index in [1.165, 1.54) is 18.5 Å². The maximum Gasteiger partial charge on any atom is 0.0765 e. The highest BCUT2D eigenvalue weighted by atomic mass is 15.3. The third-order valence-electron chi connectivity index (χ3n) is 5.33. The van der Waals surface area contributed by atoms with E-state index in [9.17, 15) is 0 Å². The second-order valence-electron chi connectivity index (χ2n) is 6.29. The van der Waals surface area contributed by atoms with Crippen LogP contribution >= 0.6 is 0 Å². The zero-order valence-electron chi connectivity index (χ0n) is 14.2. The molecule has 1 aromatic heterocycles. The van der Waals surface area contributed by atoms with Gasteiger partial charge in [-0.2, -0.15) is 5.10 Å². The third-order valence-corrected chi connectivity index (χ3v) is 5.33. The van der Waals surface area contributed by atoms with Crippen LogP contribution in [0.5, 0.6) is 0 Å². The lowest BCUT2D eigenvalue weighted by Gasteiger charge is -2.46. The molecule has 2 heterocycles. The second-order valence-corrected chi connectivity index (χ2v) is 6.29. The van der Waals surface area contributed by atoms with Gasteiger partial charge in [0.2, 0.25) is 0 Å². The molecule has 0 amide bonds. The number of hydrogen-bond donors (Lipinski definition) is 1. The lowest BCUT2D eigenvalue weighted by Crippen LogP contribution is -2.60. The Bertz CT molecular complexity index is 418. The van der Waals surface area contributed by atoms with E-state index in [2.05, 4.69) is 54.9 Å². The first-order valence-electron chi connectivity index (χ1n) is 8.68. The van der Waals surface area contributed by atoms with Crippen LogP contribution in [-0.4, -0.2) is 39.9 Å². The fraction of sp³-hybridized carbons (Fsp3) is 0.824. The lowest BCUT2D eigenvalue weighted by atomic mass is 9.88. The van der Waals surface area contributed by atoms with E-state index in [4.69, 9.17) is 5.10 Å². The zero-order chi connectivity index (χ0) is 15.3.